The van der Waals surface area contributed by atoms with Crippen molar-refractivity contribution in [1.82, 2.24) is 50.0 Å². The first-order valence-electron chi connectivity index (χ1n) is 28.9. The maximum absolute atomic E-state index is 5.80. The van der Waals surface area contributed by atoms with Gasteiger partial charge in [0.15, 0.2) is 0 Å². The van der Waals surface area contributed by atoms with Crippen LogP contribution in [0, 0.1) is 48.1 Å². The molecule has 94 heavy (non-hydrogen) atoms. The smallest absolute Gasteiger partial charge is 0.129 e. The highest BCUT2D eigenvalue weighted by Gasteiger charge is 2.16. The zero-order valence-electron chi connectivity index (χ0n) is 54.9. The van der Waals surface area contributed by atoms with E-state index in [2.05, 4.69) is 255 Å². The van der Waals surface area contributed by atoms with E-state index in [0.29, 0.717) is 52.1 Å². The average molecular weight is 1770 g/mol. The van der Waals surface area contributed by atoms with Crippen molar-refractivity contribution in [2.24, 2.45) is 0 Å². The zero-order chi connectivity index (χ0) is 71.0. The monoisotopic (exact) mass is 1760 g/mol. The van der Waals surface area contributed by atoms with Crippen molar-refractivity contribution in [1.29, 1.82) is 0 Å². The van der Waals surface area contributed by atoms with Crippen LogP contribution in [0.3, 0.4) is 0 Å². The van der Waals surface area contributed by atoms with Crippen LogP contribution in [-0.4, -0.2) is 155 Å². The molecular formula is C65H87Br7N18O2Si2. The van der Waals surface area contributed by atoms with Crippen molar-refractivity contribution in [2.75, 3.05) is 139 Å². The van der Waals surface area contributed by atoms with Crippen molar-refractivity contribution in [3.05, 3.63) is 151 Å². The molecule has 506 valence electrons. The minimum atomic E-state index is -1.34. The van der Waals surface area contributed by atoms with Crippen molar-refractivity contribution in [2.45, 2.75) is 52.1 Å². The van der Waals surface area contributed by atoms with E-state index >= 15 is 0 Å². The first-order chi connectivity index (χ1) is 44.2. The molecule has 7 aromatic heterocycles. The molecule has 2 aliphatic rings. The lowest BCUT2D eigenvalue weighted by Gasteiger charge is -2.30. The van der Waals surface area contributed by atoms with Gasteiger partial charge >= 0.3 is 0 Å². The molecule has 0 bridgehead atoms. The lowest BCUT2D eigenvalue weighted by Crippen LogP contribution is -2.37. The van der Waals surface area contributed by atoms with Crippen molar-refractivity contribution < 1.29 is 9.47 Å². The molecule has 0 amide bonds. The quantitative estimate of drug-likeness (QED) is 0.0418. The third kappa shape index (κ3) is 41.3. The number of nitrogen functional groups attached to an aromatic ring is 7. The Labute approximate surface area is 618 Å². The van der Waals surface area contributed by atoms with Crippen LogP contribution in [0.1, 0.15) is 28.5 Å². The summed E-state index contributed by atoms with van der Waals surface area (Å²) in [6, 6.07) is 27.2. The summed E-state index contributed by atoms with van der Waals surface area (Å²) < 4.78 is 16.3. The molecule has 0 aliphatic carbocycles. The van der Waals surface area contributed by atoms with Crippen LogP contribution >= 0.6 is 112 Å². The standard InChI is InChI=1S/C13H22N4O.C10H13BrN2Si.C9H14BrN3.2C7H5BrN2.C5H4Br2N2.C5H5BrN2.C5H10Si.C4H9NO/c1-16(2)6-5-11-12(3-4-13(14)15-11)17-7-9-18-10-8-17;1-14(2,3)7-6-9-8(11)4-5-10(12)13-9;1-13(2)6-5-8-7(10)3-4-9(11)12-8;2*1-2-6-5(8)3-4-7(9)10-6;6-3-1-2-4(8)9-5(3)7;6-4-2-1-3-5(7)8-4;1-5-6(2,3)4;1-3-6-4-2-5-1/h3-4H,5-10H2,1-2H3,(H2,14,15);4-5H,1-3H3,(H2,12,13);3-4H,5-6H2,1-2H3,(H2,11,12);2*1,3-4H,(H2,9,10);1-2H,(H2,8,9);1-3H,(H2,7,8);1H,2-4H3;5H,1-4H2. The summed E-state index contributed by atoms with van der Waals surface area (Å²) in [5.41, 5.74) is 49.5. The first-order valence-corrected chi connectivity index (χ1v) is 41.4. The van der Waals surface area contributed by atoms with Crippen LogP contribution in [-0.2, 0) is 22.3 Å². The Morgan fingerprint density at radius 1 is 0.468 bits per heavy atom. The number of nitrogens with one attached hydrogen (secondary N) is 1. The van der Waals surface area contributed by atoms with Gasteiger partial charge in [0, 0.05) is 56.6 Å². The number of terminal acetylenes is 3. The molecule has 0 unspecified atom stereocenters. The number of ether oxygens (including phenoxy) is 2. The highest BCUT2D eigenvalue weighted by atomic mass is 79.9. The summed E-state index contributed by atoms with van der Waals surface area (Å²) in [4.78, 5) is 35.1. The fourth-order valence-corrected chi connectivity index (χ4v) is 9.22. The van der Waals surface area contributed by atoms with E-state index in [4.69, 9.17) is 68.9 Å². The van der Waals surface area contributed by atoms with Gasteiger partial charge in [0.05, 0.1) is 61.4 Å². The predicted octanol–water partition coefficient (Wildman–Crippen LogP) is 12.3. The molecule has 2 fully saturated rings. The van der Waals surface area contributed by atoms with Gasteiger partial charge in [-0.2, -0.15) is 0 Å². The SMILES string of the molecule is C#C[Si](C)(C)C.C#Cc1nc(N)ccc1Br.C#Cc1nc(N)ccc1Br.C1COCCN1.CN(C)CCc1nc(N)ccc1Br.CN(C)CCc1nc(N)ccc1N1CCOCC1.C[Si](C)(C)C#Cc1nc(N)ccc1Br.Nc1ccc(Br)c(Br)n1.Nc1cccc(Br)n1. The summed E-state index contributed by atoms with van der Waals surface area (Å²) in [5, 5.41) is 3.16. The summed E-state index contributed by atoms with van der Waals surface area (Å²) in [6.45, 7) is 22.3. The van der Waals surface area contributed by atoms with E-state index in [1.54, 1.807) is 48.5 Å². The predicted molar refractivity (Wildman–Crippen MR) is 424 cm³/mol. The fraction of sp³-hybridized carbons (Fsp3) is 0.338. The van der Waals surface area contributed by atoms with Gasteiger partial charge in [-0.15, -0.1) is 30.4 Å². The van der Waals surface area contributed by atoms with Gasteiger partial charge in [-0.25, -0.2) is 34.9 Å². The largest absolute Gasteiger partial charge is 0.384 e. The van der Waals surface area contributed by atoms with Gasteiger partial charge in [-0.1, -0.05) is 51.3 Å². The molecule has 2 saturated heterocycles. The maximum Gasteiger partial charge on any atom is 0.129 e. The second kappa shape index (κ2) is 47.2. The average Bonchev–Trinajstić information content (AvgIpc) is 0.896. The first kappa shape index (κ1) is 86.3. The molecule has 0 spiro atoms. The van der Waals surface area contributed by atoms with E-state index in [1.807, 2.05) is 50.5 Å². The number of likely N-dealkylation sites (N-methyl/N-ethyl adjacent to an activating group) is 2. The van der Waals surface area contributed by atoms with E-state index < -0.39 is 16.1 Å². The third-order valence-corrected chi connectivity index (χ3v) is 17.7. The number of hydrogen-bond acceptors (Lipinski definition) is 20. The van der Waals surface area contributed by atoms with Gasteiger partial charge in [-0.3, -0.25) is 0 Å². The van der Waals surface area contributed by atoms with Gasteiger partial charge in [0.25, 0.3) is 0 Å². The van der Waals surface area contributed by atoms with Gasteiger partial charge < -0.3 is 69.6 Å². The number of nitrogens with zero attached hydrogens (tertiary/aromatic N) is 10. The third-order valence-electron chi connectivity index (χ3n) is 11.1. The fourth-order valence-electron chi connectivity index (χ4n) is 6.40. The Morgan fingerprint density at radius 2 is 0.851 bits per heavy atom. The summed E-state index contributed by atoms with van der Waals surface area (Å²) in [7, 11) is 5.78. The molecular weight excluding hydrogens is 1680 g/mol. The number of rotatable bonds is 7. The van der Waals surface area contributed by atoms with Gasteiger partial charge in [0.1, 0.15) is 83.2 Å². The topological polar surface area (TPSA) is 313 Å². The van der Waals surface area contributed by atoms with Crippen LogP contribution in [0.2, 0.25) is 39.3 Å². The molecule has 20 nitrogen and oxygen atoms in total. The van der Waals surface area contributed by atoms with Crippen LogP contribution in [0.4, 0.5) is 46.4 Å². The molecule has 0 aromatic carbocycles. The van der Waals surface area contributed by atoms with Crippen LogP contribution in [0.15, 0.2) is 123 Å². The second-order valence-corrected chi connectivity index (χ2v) is 37.6. The lowest BCUT2D eigenvalue weighted by molar-refractivity contribution is 0.109. The summed E-state index contributed by atoms with van der Waals surface area (Å²) in [5.74, 6) is 11.5. The Balaban J connectivity index is 0.000000539. The van der Waals surface area contributed by atoms with Crippen molar-refractivity contribution in [3.8, 4) is 48.1 Å². The Morgan fingerprint density at radius 3 is 1.21 bits per heavy atom. The van der Waals surface area contributed by atoms with Gasteiger partial charge in [-0.05, 0) is 236 Å². The summed E-state index contributed by atoms with van der Waals surface area (Å²) >= 11 is 22.9. The number of pyridine rings is 7. The molecule has 0 atom stereocenters. The van der Waals surface area contributed by atoms with E-state index in [1.165, 1.54) is 5.69 Å². The second-order valence-electron chi connectivity index (χ2n) is 22.2. The van der Waals surface area contributed by atoms with Crippen molar-refractivity contribution in [3.63, 3.8) is 0 Å². The maximum atomic E-state index is 5.80. The molecule has 9 rings (SSSR count). The Kier molecular flexibility index (Phi) is 43.4. The number of aromatic nitrogens is 7. The minimum absolute atomic E-state index is 0.441. The molecule has 9 heterocycles. The number of anilines is 8. The van der Waals surface area contributed by atoms with E-state index in [0.717, 1.165) is 127 Å². The molecule has 29 heteroatoms. The highest BCUT2D eigenvalue weighted by molar-refractivity contribution is 9.13. The Bertz CT molecular complexity index is 3510. The molecule has 2 aliphatic heterocycles. The number of nitrogens with two attached hydrogens (primary N) is 7. The number of halogens is 7. The highest BCUT2D eigenvalue weighted by Crippen LogP contribution is 2.24. The molecule has 15 N–H and O–H groups in total. The van der Waals surface area contributed by atoms with E-state index in [-0.39, 0.29) is 0 Å². The Hall–Kier alpha value is -5.72. The molecule has 0 saturated carbocycles. The van der Waals surface area contributed by atoms with Crippen LogP contribution in [0.5, 0.6) is 0 Å². The van der Waals surface area contributed by atoms with Crippen LogP contribution in [0.25, 0.3) is 0 Å². The lowest BCUT2D eigenvalue weighted by atomic mass is 10.2. The number of hydrogen-bond donors (Lipinski definition) is 8. The summed E-state index contributed by atoms with van der Waals surface area (Å²) in [6.07, 6.45) is 17.2. The number of morpholine rings is 2. The van der Waals surface area contributed by atoms with Crippen molar-refractivity contribution >= 4 is 174 Å². The molecule has 7 aromatic rings. The normalized spacial score (nSPS) is 11.9. The van der Waals surface area contributed by atoms with E-state index in [9.17, 15) is 0 Å². The van der Waals surface area contributed by atoms with Crippen LogP contribution < -0.4 is 50.4 Å². The van der Waals surface area contributed by atoms with Gasteiger partial charge in [0.2, 0.25) is 0 Å². The molecule has 0 radical (unpaired) electrons. The zero-order valence-corrected chi connectivity index (χ0v) is 68.0. The minimum Gasteiger partial charge on any atom is -0.384 e.